The Kier molecular flexibility index (Phi) is 8.24. The number of amides is 1. The maximum atomic E-state index is 12.8. The lowest BCUT2D eigenvalue weighted by molar-refractivity contribution is -0.117. The molecule has 1 aromatic heterocycles. The summed E-state index contributed by atoms with van der Waals surface area (Å²) in [6.07, 6.45) is 3.39. The average Bonchev–Trinajstić information content (AvgIpc) is 3.27. The molecule has 172 valence electrons. The van der Waals surface area contributed by atoms with Crippen molar-refractivity contribution in [1.29, 1.82) is 0 Å². The van der Waals surface area contributed by atoms with Crippen LogP contribution in [0.15, 0.2) is 66.1 Å². The number of rotatable bonds is 9. The van der Waals surface area contributed by atoms with Crippen LogP contribution in [0.1, 0.15) is 27.9 Å². The van der Waals surface area contributed by atoms with Gasteiger partial charge in [-0.15, -0.1) is 11.3 Å². The zero-order valence-corrected chi connectivity index (χ0v) is 19.6. The molecule has 1 aliphatic heterocycles. The largest absolute Gasteiger partial charge is 0.487 e. The molecule has 0 spiro atoms. The molecule has 0 saturated carbocycles. The number of carbonyl (C=O) groups excluding carboxylic acids is 1. The predicted molar refractivity (Wildman–Crippen MR) is 131 cm³/mol. The second-order valence-electron chi connectivity index (χ2n) is 7.94. The fourth-order valence-corrected chi connectivity index (χ4v) is 4.29. The van der Waals surface area contributed by atoms with Crippen LogP contribution in [-0.2, 0) is 16.1 Å². The number of morpholine rings is 1. The van der Waals surface area contributed by atoms with E-state index in [-0.39, 0.29) is 11.9 Å². The number of aromatic nitrogens is 1. The zero-order valence-electron chi connectivity index (χ0n) is 18.8. The van der Waals surface area contributed by atoms with Crippen molar-refractivity contribution in [3.63, 3.8) is 0 Å². The minimum Gasteiger partial charge on any atom is -0.487 e. The molecule has 1 aliphatic rings. The van der Waals surface area contributed by atoms with E-state index in [0.717, 1.165) is 60.4 Å². The highest BCUT2D eigenvalue weighted by atomic mass is 32.1. The molecule has 1 unspecified atom stereocenters. The van der Waals surface area contributed by atoms with Gasteiger partial charge in [-0.3, -0.25) is 9.69 Å². The highest BCUT2D eigenvalue weighted by molar-refractivity contribution is 7.09. The molecule has 1 saturated heterocycles. The molecule has 1 N–H and O–H groups in total. The van der Waals surface area contributed by atoms with Gasteiger partial charge in [0.05, 0.1) is 30.0 Å². The van der Waals surface area contributed by atoms with Crippen molar-refractivity contribution in [2.75, 3.05) is 32.8 Å². The third-order valence-corrected chi connectivity index (χ3v) is 6.22. The maximum Gasteiger partial charge on any atom is 0.244 e. The fraction of sp³-hybridized carbons (Fsp3) is 0.308. The van der Waals surface area contributed by atoms with Gasteiger partial charge in [0.15, 0.2) is 0 Å². The van der Waals surface area contributed by atoms with Gasteiger partial charge < -0.3 is 14.8 Å². The molecule has 2 aromatic carbocycles. The lowest BCUT2D eigenvalue weighted by Crippen LogP contribution is -2.42. The van der Waals surface area contributed by atoms with Gasteiger partial charge in [0.1, 0.15) is 12.4 Å². The summed E-state index contributed by atoms with van der Waals surface area (Å²) in [5, 5.41) is 6.20. The predicted octanol–water partition coefficient (Wildman–Crippen LogP) is 4.23. The molecule has 0 radical (unpaired) electrons. The van der Waals surface area contributed by atoms with Crippen LogP contribution in [0.2, 0.25) is 0 Å². The Morgan fingerprint density at radius 1 is 1.21 bits per heavy atom. The molecule has 7 heteroatoms. The Balaban J connectivity index is 1.36. The van der Waals surface area contributed by atoms with Gasteiger partial charge in [0, 0.05) is 31.1 Å². The minimum atomic E-state index is -0.124. The monoisotopic (exact) mass is 463 g/mol. The van der Waals surface area contributed by atoms with E-state index >= 15 is 0 Å². The van der Waals surface area contributed by atoms with Gasteiger partial charge in [-0.2, -0.15) is 0 Å². The lowest BCUT2D eigenvalue weighted by Gasteiger charge is -2.31. The lowest BCUT2D eigenvalue weighted by atomic mass is 10.1. The van der Waals surface area contributed by atoms with Crippen LogP contribution in [-0.4, -0.2) is 48.6 Å². The van der Waals surface area contributed by atoms with Gasteiger partial charge in [-0.25, -0.2) is 4.98 Å². The molecule has 2 heterocycles. The number of carbonyl (C=O) groups is 1. The number of hydrogen-bond acceptors (Lipinski definition) is 6. The van der Waals surface area contributed by atoms with Crippen LogP contribution < -0.4 is 10.1 Å². The Bertz CT molecular complexity index is 1060. The molecule has 3 aromatic rings. The first-order valence-corrected chi connectivity index (χ1v) is 12.0. The van der Waals surface area contributed by atoms with E-state index in [1.807, 2.05) is 60.8 Å². The van der Waals surface area contributed by atoms with Crippen molar-refractivity contribution in [3.05, 3.63) is 87.9 Å². The summed E-state index contributed by atoms with van der Waals surface area (Å²) in [5.74, 6) is 0.624. The molecule has 1 atom stereocenters. The third-order valence-electron chi connectivity index (χ3n) is 5.40. The van der Waals surface area contributed by atoms with Gasteiger partial charge in [0.25, 0.3) is 0 Å². The maximum absolute atomic E-state index is 12.8. The Hall–Kier alpha value is -3.00. The number of thiazole rings is 1. The second-order valence-corrected chi connectivity index (χ2v) is 9.00. The van der Waals surface area contributed by atoms with E-state index in [2.05, 4.69) is 27.3 Å². The van der Waals surface area contributed by atoms with Gasteiger partial charge in [-0.1, -0.05) is 42.5 Å². The average molecular weight is 464 g/mol. The number of aryl methyl sites for hydroxylation is 1. The minimum absolute atomic E-state index is 0.0855. The summed E-state index contributed by atoms with van der Waals surface area (Å²) in [7, 11) is 0. The van der Waals surface area contributed by atoms with Crippen LogP contribution in [0.25, 0.3) is 6.08 Å². The Morgan fingerprint density at radius 2 is 2.03 bits per heavy atom. The smallest absolute Gasteiger partial charge is 0.244 e. The molecule has 4 rings (SSSR count). The Morgan fingerprint density at radius 3 is 2.79 bits per heavy atom. The standard InChI is InChI=1S/C26H29N3O3S/c1-20-27-23(19-33-20)18-32-24-9-5-6-21(16-24)10-11-26(30)28-25(22-7-3-2-4-8-22)17-29-12-14-31-15-13-29/h2-11,16,19,25H,12-15,17-18H2,1H3,(H,28,30)/b11-10+. The number of hydrogen-bond donors (Lipinski definition) is 1. The van der Waals surface area contributed by atoms with Crippen LogP contribution in [0, 0.1) is 6.92 Å². The van der Waals surface area contributed by atoms with E-state index in [0.29, 0.717) is 6.61 Å². The van der Waals surface area contributed by atoms with Crippen LogP contribution in [0.5, 0.6) is 5.75 Å². The topological polar surface area (TPSA) is 63.7 Å². The molecule has 1 fully saturated rings. The summed E-state index contributed by atoms with van der Waals surface area (Å²) < 4.78 is 11.3. The summed E-state index contributed by atoms with van der Waals surface area (Å²) in [6, 6.07) is 17.7. The van der Waals surface area contributed by atoms with E-state index in [4.69, 9.17) is 9.47 Å². The Labute approximate surface area is 198 Å². The molecule has 0 aliphatic carbocycles. The SMILES string of the molecule is Cc1nc(COc2cccc(/C=C/C(=O)NC(CN3CCOCC3)c3ccccc3)c2)cs1. The fourth-order valence-electron chi connectivity index (χ4n) is 3.69. The van der Waals surface area contributed by atoms with Crippen LogP contribution in [0.3, 0.4) is 0 Å². The highest BCUT2D eigenvalue weighted by Crippen LogP contribution is 2.18. The molecule has 0 bridgehead atoms. The van der Waals surface area contributed by atoms with Gasteiger partial charge in [-0.05, 0) is 36.3 Å². The summed E-state index contributed by atoms with van der Waals surface area (Å²) in [5.41, 5.74) is 2.92. The first-order valence-electron chi connectivity index (χ1n) is 11.1. The quantitative estimate of drug-likeness (QED) is 0.481. The zero-order chi connectivity index (χ0) is 22.9. The number of benzene rings is 2. The molecule has 6 nitrogen and oxygen atoms in total. The second kappa shape index (κ2) is 11.7. The first kappa shape index (κ1) is 23.2. The normalized spacial score (nSPS) is 15.4. The number of ether oxygens (including phenoxy) is 2. The molecule has 1 amide bonds. The number of nitrogens with one attached hydrogen (secondary N) is 1. The van der Waals surface area contributed by atoms with Crippen molar-refractivity contribution < 1.29 is 14.3 Å². The van der Waals surface area contributed by atoms with Crippen LogP contribution >= 0.6 is 11.3 Å². The van der Waals surface area contributed by atoms with Crippen LogP contribution in [0.4, 0.5) is 0 Å². The van der Waals surface area contributed by atoms with Crippen molar-refractivity contribution >= 4 is 23.3 Å². The van der Waals surface area contributed by atoms with E-state index in [9.17, 15) is 4.79 Å². The van der Waals surface area contributed by atoms with E-state index in [1.165, 1.54) is 0 Å². The molecular formula is C26H29N3O3S. The van der Waals surface area contributed by atoms with Crippen molar-refractivity contribution in [1.82, 2.24) is 15.2 Å². The summed E-state index contributed by atoms with van der Waals surface area (Å²) >= 11 is 1.61. The van der Waals surface area contributed by atoms with Crippen molar-refractivity contribution in [3.8, 4) is 5.75 Å². The molecule has 33 heavy (non-hydrogen) atoms. The van der Waals surface area contributed by atoms with Crippen molar-refractivity contribution in [2.24, 2.45) is 0 Å². The summed E-state index contributed by atoms with van der Waals surface area (Å²) in [4.78, 5) is 19.5. The molecular weight excluding hydrogens is 434 g/mol. The van der Waals surface area contributed by atoms with Crippen molar-refractivity contribution in [2.45, 2.75) is 19.6 Å². The third kappa shape index (κ3) is 7.25. The highest BCUT2D eigenvalue weighted by Gasteiger charge is 2.19. The summed E-state index contributed by atoms with van der Waals surface area (Å²) in [6.45, 7) is 6.38. The van der Waals surface area contributed by atoms with Gasteiger partial charge in [0.2, 0.25) is 5.91 Å². The van der Waals surface area contributed by atoms with E-state index < -0.39 is 0 Å². The first-order chi connectivity index (χ1) is 16.2. The van der Waals surface area contributed by atoms with Gasteiger partial charge >= 0.3 is 0 Å². The van der Waals surface area contributed by atoms with E-state index in [1.54, 1.807) is 17.4 Å². The number of nitrogens with zero attached hydrogens (tertiary/aromatic N) is 2.